The van der Waals surface area contributed by atoms with Crippen molar-refractivity contribution >= 4 is 23.8 Å². The number of nitrogens with one attached hydrogen (secondary N) is 3. The number of benzene rings is 3. The fourth-order valence-corrected chi connectivity index (χ4v) is 4.38. The van der Waals surface area contributed by atoms with Crippen molar-refractivity contribution in [1.29, 1.82) is 0 Å². The molecule has 0 bridgehead atoms. The second kappa shape index (κ2) is 8.72. The number of fused-ring (bicyclic) bond motifs is 1. The Bertz CT molecular complexity index is 1340. The number of rotatable bonds is 5. The van der Waals surface area contributed by atoms with Crippen molar-refractivity contribution in [2.75, 3.05) is 0 Å². The second-order valence-corrected chi connectivity index (χ2v) is 8.79. The van der Waals surface area contributed by atoms with Crippen LogP contribution in [0.4, 0.5) is 4.79 Å². The van der Waals surface area contributed by atoms with Crippen LogP contribution in [0.3, 0.4) is 0 Å². The zero-order chi connectivity index (χ0) is 24.6. The monoisotopic (exact) mass is 469 g/mol. The van der Waals surface area contributed by atoms with Crippen LogP contribution in [0.15, 0.2) is 72.8 Å². The molecular weight excluding hydrogens is 446 g/mol. The molecule has 0 saturated carbocycles. The lowest BCUT2D eigenvalue weighted by Crippen LogP contribution is -2.40. The normalized spacial score (nSPS) is 20.9. The van der Waals surface area contributed by atoms with Crippen LogP contribution in [0.1, 0.15) is 56.0 Å². The lowest BCUT2D eigenvalue weighted by Gasteiger charge is -2.25. The third kappa shape index (κ3) is 4.26. The Morgan fingerprint density at radius 2 is 1.77 bits per heavy atom. The Morgan fingerprint density at radius 3 is 2.46 bits per heavy atom. The summed E-state index contributed by atoms with van der Waals surface area (Å²) < 4.78 is 5.58. The summed E-state index contributed by atoms with van der Waals surface area (Å²) in [4.78, 5) is 48.9. The van der Waals surface area contributed by atoms with Gasteiger partial charge in [0.2, 0.25) is 0 Å². The Hall–Kier alpha value is -4.46. The van der Waals surface area contributed by atoms with Gasteiger partial charge in [-0.3, -0.25) is 14.9 Å². The van der Waals surface area contributed by atoms with Gasteiger partial charge in [-0.25, -0.2) is 9.59 Å². The minimum absolute atomic E-state index is 0.263. The lowest BCUT2D eigenvalue weighted by atomic mass is 9.91. The first-order chi connectivity index (χ1) is 16.8. The molecule has 8 nitrogen and oxygen atoms in total. The van der Waals surface area contributed by atoms with Gasteiger partial charge in [0.1, 0.15) is 11.6 Å². The van der Waals surface area contributed by atoms with Crippen molar-refractivity contribution in [1.82, 2.24) is 16.0 Å². The summed E-state index contributed by atoms with van der Waals surface area (Å²) in [7, 11) is 0. The first-order valence-electron chi connectivity index (χ1n) is 11.2. The van der Waals surface area contributed by atoms with E-state index < -0.39 is 23.4 Å². The summed E-state index contributed by atoms with van der Waals surface area (Å²) in [6.07, 6.45) is 0.109. The first-order valence-corrected chi connectivity index (χ1v) is 11.2. The van der Waals surface area contributed by atoms with Crippen LogP contribution in [0.25, 0.3) is 0 Å². The highest BCUT2D eigenvalue weighted by molar-refractivity contribution is 6.07. The van der Waals surface area contributed by atoms with E-state index in [-0.39, 0.29) is 18.6 Å². The minimum Gasteiger partial charge on any atom is -0.454 e. The molecule has 3 N–H and O–H groups in total. The van der Waals surface area contributed by atoms with E-state index in [1.165, 1.54) is 0 Å². The highest BCUT2D eigenvalue weighted by Gasteiger charge is 2.43. The average molecular weight is 469 g/mol. The van der Waals surface area contributed by atoms with Crippen LogP contribution < -0.4 is 16.0 Å². The van der Waals surface area contributed by atoms with E-state index in [4.69, 9.17) is 4.74 Å². The molecule has 1 fully saturated rings. The number of imide groups is 1. The molecule has 0 spiro atoms. The largest absolute Gasteiger partial charge is 0.454 e. The number of ether oxygens (including phenoxy) is 1. The average Bonchev–Trinajstić information content (AvgIpc) is 3.14. The summed E-state index contributed by atoms with van der Waals surface area (Å²) in [5, 5.41) is 7.75. The molecule has 1 saturated heterocycles. The number of carbonyl (C=O) groups excluding carboxylic acids is 4. The Morgan fingerprint density at radius 1 is 1.03 bits per heavy atom. The van der Waals surface area contributed by atoms with Gasteiger partial charge in [0, 0.05) is 18.5 Å². The SMILES string of the molecule is CC1(c2ccc(CNC(=O)c3ccc4c(c3)CC(c3ccccc3)OC4=O)cc2)NC(=O)NC1=O. The van der Waals surface area contributed by atoms with Gasteiger partial charge in [-0.2, -0.15) is 0 Å². The van der Waals surface area contributed by atoms with Gasteiger partial charge in [0.25, 0.3) is 11.8 Å². The Balaban J connectivity index is 1.26. The van der Waals surface area contributed by atoms with Crippen molar-refractivity contribution in [3.63, 3.8) is 0 Å². The van der Waals surface area contributed by atoms with E-state index in [1.54, 1.807) is 49.4 Å². The van der Waals surface area contributed by atoms with E-state index in [9.17, 15) is 19.2 Å². The van der Waals surface area contributed by atoms with Gasteiger partial charge in [-0.1, -0.05) is 54.6 Å². The van der Waals surface area contributed by atoms with E-state index in [0.29, 0.717) is 23.1 Å². The van der Waals surface area contributed by atoms with Crippen LogP contribution in [0, 0.1) is 0 Å². The summed E-state index contributed by atoms with van der Waals surface area (Å²) in [6, 6.07) is 21.1. The van der Waals surface area contributed by atoms with Gasteiger partial charge in [0.15, 0.2) is 0 Å². The highest BCUT2D eigenvalue weighted by Crippen LogP contribution is 2.31. The van der Waals surface area contributed by atoms with Crippen LogP contribution in [0.2, 0.25) is 0 Å². The lowest BCUT2D eigenvalue weighted by molar-refractivity contribution is -0.123. The molecule has 0 radical (unpaired) electrons. The predicted octanol–water partition coefficient (Wildman–Crippen LogP) is 3.13. The molecule has 35 heavy (non-hydrogen) atoms. The molecule has 2 atom stereocenters. The first kappa shape index (κ1) is 22.3. The van der Waals surface area contributed by atoms with E-state index in [2.05, 4.69) is 16.0 Å². The third-order valence-corrected chi connectivity index (χ3v) is 6.44. The molecule has 5 rings (SSSR count). The number of urea groups is 1. The Kier molecular flexibility index (Phi) is 5.56. The van der Waals surface area contributed by atoms with Crippen LogP contribution in [-0.4, -0.2) is 23.8 Å². The molecule has 0 aliphatic carbocycles. The predicted molar refractivity (Wildman–Crippen MR) is 126 cm³/mol. The summed E-state index contributed by atoms with van der Waals surface area (Å²) in [5.74, 6) is -1.07. The van der Waals surface area contributed by atoms with E-state index in [0.717, 1.165) is 16.7 Å². The summed E-state index contributed by atoms with van der Waals surface area (Å²) in [6.45, 7) is 1.92. The molecule has 0 aromatic heterocycles. The fraction of sp³-hybridized carbons (Fsp3) is 0.185. The molecule has 2 aliphatic heterocycles. The zero-order valence-electron chi connectivity index (χ0n) is 19.0. The highest BCUT2D eigenvalue weighted by atomic mass is 16.5. The molecule has 8 heteroatoms. The number of carbonyl (C=O) groups is 4. The minimum atomic E-state index is -1.12. The molecule has 3 aromatic rings. The number of cyclic esters (lactones) is 1. The van der Waals surface area contributed by atoms with Gasteiger partial charge in [-0.05, 0) is 47.4 Å². The molecule has 2 heterocycles. The van der Waals surface area contributed by atoms with Crippen molar-refractivity contribution < 1.29 is 23.9 Å². The Labute approximate surface area is 201 Å². The third-order valence-electron chi connectivity index (χ3n) is 6.44. The van der Waals surface area contributed by atoms with Crippen LogP contribution in [0.5, 0.6) is 0 Å². The van der Waals surface area contributed by atoms with Crippen molar-refractivity contribution in [3.05, 3.63) is 106 Å². The van der Waals surface area contributed by atoms with E-state index in [1.807, 2.05) is 30.3 Å². The molecular formula is C27H23N3O5. The summed E-state index contributed by atoms with van der Waals surface area (Å²) >= 11 is 0. The number of hydrogen-bond acceptors (Lipinski definition) is 5. The van der Waals surface area contributed by atoms with Gasteiger partial charge >= 0.3 is 12.0 Å². The van der Waals surface area contributed by atoms with Gasteiger partial charge in [0.05, 0.1) is 5.56 Å². The molecule has 2 unspecified atom stereocenters. The fourth-order valence-electron chi connectivity index (χ4n) is 4.38. The van der Waals surface area contributed by atoms with Gasteiger partial charge in [-0.15, -0.1) is 0 Å². The number of amides is 4. The van der Waals surface area contributed by atoms with Crippen LogP contribution in [-0.2, 0) is 28.0 Å². The molecule has 2 aliphatic rings. The molecule has 3 aromatic carbocycles. The van der Waals surface area contributed by atoms with Gasteiger partial charge < -0.3 is 15.4 Å². The topological polar surface area (TPSA) is 114 Å². The van der Waals surface area contributed by atoms with E-state index >= 15 is 0 Å². The van der Waals surface area contributed by atoms with Crippen molar-refractivity contribution in [3.8, 4) is 0 Å². The smallest absolute Gasteiger partial charge is 0.339 e. The molecule has 176 valence electrons. The second-order valence-electron chi connectivity index (χ2n) is 8.79. The quantitative estimate of drug-likeness (QED) is 0.393. The maximum atomic E-state index is 12.8. The maximum absolute atomic E-state index is 12.8. The van der Waals surface area contributed by atoms with Crippen molar-refractivity contribution in [2.24, 2.45) is 0 Å². The maximum Gasteiger partial charge on any atom is 0.339 e. The number of esters is 1. The van der Waals surface area contributed by atoms with Crippen LogP contribution >= 0.6 is 0 Å². The number of hydrogen-bond donors (Lipinski definition) is 3. The summed E-state index contributed by atoms with van der Waals surface area (Å²) in [5.41, 5.74) is 2.97. The van der Waals surface area contributed by atoms with Crippen molar-refractivity contribution in [2.45, 2.75) is 31.5 Å². The molecule has 4 amide bonds. The zero-order valence-corrected chi connectivity index (χ0v) is 19.0. The standard InChI is InChI=1S/C27H23N3O5/c1-27(25(33)29-26(34)30-27)20-10-7-16(8-11-20)15-28-23(31)18-9-12-21-19(13-18)14-22(35-24(21)32)17-5-3-2-4-6-17/h2-13,22H,14-15H2,1H3,(H,28,31)(H2,29,30,33,34).